The van der Waals surface area contributed by atoms with Gasteiger partial charge in [0.2, 0.25) is 0 Å². The van der Waals surface area contributed by atoms with Crippen LogP contribution in [0.4, 0.5) is 23.7 Å². The molecule has 0 aliphatic rings. The molecule has 0 radical (unpaired) electrons. The second kappa shape index (κ2) is 4.04. The van der Waals surface area contributed by atoms with Crippen LogP contribution in [0.5, 0.6) is 0 Å². The van der Waals surface area contributed by atoms with Crippen molar-refractivity contribution in [2.45, 2.75) is 6.18 Å². The van der Waals surface area contributed by atoms with Gasteiger partial charge < -0.3 is 5.32 Å². The molecule has 0 aromatic heterocycles. The van der Waals surface area contributed by atoms with E-state index in [-0.39, 0.29) is 5.69 Å². The number of halogens is 4. The fourth-order valence-electron chi connectivity index (χ4n) is 0.729. The molecular weight excluding hydrogens is 310 g/mol. The summed E-state index contributed by atoms with van der Waals surface area (Å²) in [6, 6.07) is 6.06. The van der Waals surface area contributed by atoms with E-state index in [0.717, 1.165) is 12.1 Å². The molecule has 0 aliphatic carbocycles. The summed E-state index contributed by atoms with van der Waals surface area (Å²) < 4.78 is 35.7. The fraction of sp³-hybridized carbons (Fsp3) is 0.125. The molecule has 1 aromatic rings. The molecule has 6 heteroatoms. The van der Waals surface area contributed by atoms with Crippen LogP contribution in [0.3, 0.4) is 0 Å². The average molecular weight is 313 g/mol. The number of rotatable bonds is 1. The SMILES string of the molecule is O=C(I)Nc1c#cc(C(F)(F)F)cc1. The van der Waals surface area contributed by atoms with E-state index in [0.29, 0.717) is 0 Å². The summed E-state index contributed by atoms with van der Waals surface area (Å²) in [5.74, 6) is 0. The topological polar surface area (TPSA) is 29.1 Å². The first-order valence-electron chi connectivity index (χ1n) is 3.37. The zero-order valence-electron chi connectivity index (χ0n) is 6.57. The van der Waals surface area contributed by atoms with Crippen LogP contribution in [0.25, 0.3) is 0 Å². The highest BCUT2D eigenvalue weighted by molar-refractivity contribution is 14.1. The van der Waals surface area contributed by atoms with Crippen molar-refractivity contribution in [2.24, 2.45) is 0 Å². The van der Waals surface area contributed by atoms with Crippen LogP contribution in [-0.2, 0) is 6.18 Å². The number of hydrogen-bond acceptors (Lipinski definition) is 1. The van der Waals surface area contributed by atoms with Crippen LogP contribution < -0.4 is 5.32 Å². The van der Waals surface area contributed by atoms with Gasteiger partial charge in [-0.15, -0.1) is 0 Å². The predicted molar refractivity (Wildman–Crippen MR) is 52.2 cm³/mol. The highest BCUT2D eigenvalue weighted by Gasteiger charge is 2.30. The van der Waals surface area contributed by atoms with Gasteiger partial charge in [-0.05, 0) is 18.2 Å². The van der Waals surface area contributed by atoms with Crippen molar-refractivity contribution >= 4 is 32.2 Å². The molecule has 1 rings (SSSR count). The lowest BCUT2D eigenvalue weighted by Gasteiger charge is -2.03. The Labute approximate surface area is 91.6 Å². The van der Waals surface area contributed by atoms with E-state index in [4.69, 9.17) is 0 Å². The third-order valence-corrected chi connectivity index (χ3v) is 1.56. The first-order valence-corrected chi connectivity index (χ1v) is 4.45. The van der Waals surface area contributed by atoms with E-state index in [2.05, 4.69) is 11.4 Å². The molecule has 1 N–H and O–H groups in total. The number of amides is 1. The van der Waals surface area contributed by atoms with Crippen LogP contribution in [0, 0.1) is 12.1 Å². The third kappa shape index (κ3) is 3.06. The maximum Gasteiger partial charge on any atom is 0.424 e. The van der Waals surface area contributed by atoms with Gasteiger partial charge >= 0.3 is 6.18 Å². The predicted octanol–water partition coefficient (Wildman–Crippen LogP) is 3.27. The fourth-order valence-corrected chi connectivity index (χ4v) is 1.02. The molecule has 0 unspecified atom stereocenters. The molecule has 0 saturated heterocycles. The Kier molecular flexibility index (Phi) is 3.21. The summed E-state index contributed by atoms with van der Waals surface area (Å²) in [6.07, 6.45) is -4.43. The van der Waals surface area contributed by atoms with Gasteiger partial charge in [-0.3, -0.25) is 4.79 Å². The van der Waals surface area contributed by atoms with Gasteiger partial charge in [0.25, 0.3) is 3.91 Å². The van der Waals surface area contributed by atoms with Gasteiger partial charge in [0.1, 0.15) is 5.56 Å². The standard InChI is InChI=1S/C8H3F3INO/c9-8(10,11)5-1-3-6(4-2-5)13-7(12)14/h1,3H,(H,13,14). The van der Waals surface area contributed by atoms with Gasteiger partial charge in [0.15, 0.2) is 0 Å². The van der Waals surface area contributed by atoms with Crippen molar-refractivity contribution in [1.82, 2.24) is 0 Å². The molecule has 14 heavy (non-hydrogen) atoms. The molecule has 1 aromatic carbocycles. The molecule has 74 valence electrons. The summed E-state index contributed by atoms with van der Waals surface area (Å²) in [5.41, 5.74) is -0.749. The monoisotopic (exact) mass is 313 g/mol. The van der Waals surface area contributed by atoms with Crippen LogP contribution >= 0.6 is 22.6 Å². The lowest BCUT2D eigenvalue weighted by Crippen LogP contribution is -2.04. The number of hydrogen-bond donors (Lipinski definition) is 1. The van der Waals surface area contributed by atoms with Crippen molar-refractivity contribution in [1.29, 1.82) is 0 Å². The summed E-state index contributed by atoms with van der Waals surface area (Å²) in [6.45, 7) is 0. The van der Waals surface area contributed by atoms with Gasteiger partial charge in [0, 0.05) is 22.6 Å². The summed E-state index contributed by atoms with van der Waals surface area (Å²) in [4.78, 5) is 10.5. The number of carbonyl (C=O) groups excluding carboxylic acids is 1. The van der Waals surface area contributed by atoms with Crippen LogP contribution in [0.1, 0.15) is 5.56 Å². The number of nitrogens with one attached hydrogen (secondary N) is 1. The number of anilines is 1. The molecule has 0 bridgehead atoms. The van der Waals surface area contributed by atoms with E-state index < -0.39 is 15.7 Å². The minimum absolute atomic E-state index is 0.164. The van der Waals surface area contributed by atoms with Crippen molar-refractivity contribution < 1.29 is 18.0 Å². The second-order valence-electron chi connectivity index (χ2n) is 2.31. The van der Waals surface area contributed by atoms with Gasteiger partial charge in [0.05, 0.1) is 5.69 Å². The first kappa shape index (κ1) is 11.1. The summed E-state index contributed by atoms with van der Waals surface area (Å²) in [7, 11) is 0. The normalized spacial score (nSPS) is 10.6. The van der Waals surface area contributed by atoms with Gasteiger partial charge in [-0.2, -0.15) is 13.2 Å². The van der Waals surface area contributed by atoms with E-state index in [1.165, 1.54) is 22.6 Å². The maximum absolute atomic E-state index is 12.0. The Bertz CT molecular complexity index is 333. The molecule has 0 saturated carbocycles. The minimum atomic E-state index is -4.43. The molecule has 0 spiro atoms. The van der Waals surface area contributed by atoms with E-state index in [1.54, 1.807) is 0 Å². The molecular formula is C8H3F3INO. The van der Waals surface area contributed by atoms with E-state index in [9.17, 15) is 18.0 Å². The average Bonchev–Trinajstić information content (AvgIpc) is 2.02. The van der Waals surface area contributed by atoms with Crippen molar-refractivity contribution in [3.63, 3.8) is 0 Å². The number of carbonyl (C=O) groups is 1. The van der Waals surface area contributed by atoms with Crippen LogP contribution in [0.2, 0.25) is 0 Å². The quantitative estimate of drug-likeness (QED) is 0.481. The van der Waals surface area contributed by atoms with Crippen molar-refractivity contribution in [3.8, 4) is 0 Å². The molecule has 0 heterocycles. The van der Waals surface area contributed by atoms with Crippen molar-refractivity contribution in [3.05, 3.63) is 29.8 Å². The maximum atomic E-state index is 12.0. The third-order valence-electron chi connectivity index (χ3n) is 1.29. The Morgan fingerprint density at radius 2 is 2.00 bits per heavy atom. The number of alkyl halides is 3. The lowest BCUT2D eigenvalue weighted by atomic mass is 10.2. The zero-order chi connectivity index (χ0) is 10.8. The van der Waals surface area contributed by atoms with E-state index in [1.807, 2.05) is 6.07 Å². The van der Waals surface area contributed by atoms with Gasteiger partial charge in [-0.1, -0.05) is 6.07 Å². The molecule has 0 aliphatic heterocycles. The van der Waals surface area contributed by atoms with Crippen LogP contribution in [-0.4, -0.2) is 3.91 Å². The Morgan fingerprint density at radius 3 is 2.36 bits per heavy atom. The molecule has 0 atom stereocenters. The first-order chi connectivity index (χ1) is 6.39. The second-order valence-corrected chi connectivity index (χ2v) is 3.29. The van der Waals surface area contributed by atoms with E-state index >= 15 is 0 Å². The molecule has 1 amide bonds. The Morgan fingerprint density at radius 1 is 1.36 bits per heavy atom. The highest BCUT2D eigenvalue weighted by atomic mass is 127. The summed E-state index contributed by atoms with van der Waals surface area (Å²) >= 11 is 1.46. The summed E-state index contributed by atoms with van der Waals surface area (Å²) in [5, 5.41) is 2.28. The smallest absolute Gasteiger partial charge is 0.310 e. The van der Waals surface area contributed by atoms with Crippen LogP contribution in [0.15, 0.2) is 12.1 Å². The Hall–Kier alpha value is -0.970. The largest absolute Gasteiger partial charge is 0.424 e. The lowest BCUT2D eigenvalue weighted by molar-refractivity contribution is -0.137. The van der Waals surface area contributed by atoms with Gasteiger partial charge in [-0.25, -0.2) is 0 Å². The molecule has 0 fully saturated rings. The molecule has 2 nitrogen and oxygen atoms in total. The minimum Gasteiger partial charge on any atom is -0.310 e. The Balaban J connectivity index is 2.84. The van der Waals surface area contributed by atoms with Crippen molar-refractivity contribution in [2.75, 3.05) is 5.32 Å². The zero-order valence-corrected chi connectivity index (χ0v) is 8.73. The highest BCUT2D eigenvalue weighted by Crippen LogP contribution is 2.27.